The van der Waals surface area contributed by atoms with Crippen LogP contribution in [0.1, 0.15) is 0 Å². The second-order valence-corrected chi connectivity index (χ2v) is 8.09. The Bertz CT molecular complexity index is 1570. The molecule has 32 heavy (non-hydrogen) atoms. The average molecular weight is 432 g/mol. The van der Waals surface area contributed by atoms with Crippen molar-refractivity contribution >= 4 is 33.5 Å². The zero-order valence-corrected chi connectivity index (χ0v) is 17.9. The van der Waals surface area contributed by atoms with Gasteiger partial charge in [0, 0.05) is 27.2 Å². The Labute approximate surface area is 190 Å². The Morgan fingerprint density at radius 2 is 1.31 bits per heavy atom. The van der Waals surface area contributed by atoms with Crippen molar-refractivity contribution in [1.29, 1.82) is 0 Å². The number of aromatic nitrogens is 3. The van der Waals surface area contributed by atoms with Gasteiger partial charge in [-0.3, -0.25) is 0 Å². The fourth-order valence-corrected chi connectivity index (χ4v) is 4.43. The minimum absolute atomic E-state index is 0.679. The van der Waals surface area contributed by atoms with Gasteiger partial charge in [0.2, 0.25) is 0 Å². The van der Waals surface area contributed by atoms with Gasteiger partial charge in [-0.2, -0.15) is 0 Å². The normalized spacial score (nSPS) is 11.3. The number of rotatable bonds is 3. The van der Waals surface area contributed by atoms with Crippen molar-refractivity contribution in [3.63, 3.8) is 0 Å². The summed E-state index contributed by atoms with van der Waals surface area (Å²) in [6.07, 6.45) is 0. The molecule has 152 valence electrons. The van der Waals surface area contributed by atoms with Gasteiger partial charge in [0.1, 0.15) is 5.52 Å². The molecule has 0 aliphatic heterocycles. The van der Waals surface area contributed by atoms with Crippen LogP contribution in [0, 0.1) is 0 Å². The van der Waals surface area contributed by atoms with E-state index < -0.39 is 0 Å². The Kier molecular flexibility index (Phi) is 4.48. The molecule has 0 spiro atoms. The maximum absolute atomic E-state index is 6.39. The summed E-state index contributed by atoms with van der Waals surface area (Å²) in [5.41, 5.74) is 6.86. The number of hydrogen-bond donors (Lipinski definition) is 0. The van der Waals surface area contributed by atoms with Gasteiger partial charge in [-0.15, -0.1) is 0 Å². The lowest BCUT2D eigenvalue weighted by Crippen LogP contribution is -1.99. The molecule has 0 aliphatic carbocycles. The van der Waals surface area contributed by atoms with Crippen LogP contribution >= 0.6 is 11.6 Å². The van der Waals surface area contributed by atoms with E-state index in [2.05, 4.69) is 47.0 Å². The summed E-state index contributed by atoms with van der Waals surface area (Å²) in [4.78, 5) is 10.1. The fraction of sp³-hybridized carbons (Fsp3) is 0. The maximum atomic E-state index is 6.39. The van der Waals surface area contributed by atoms with E-state index in [9.17, 15) is 0 Å². The summed E-state index contributed by atoms with van der Waals surface area (Å²) >= 11 is 6.39. The highest BCUT2D eigenvalue weighted by Crippen LogP contribution is 2.38. The molecule has 0 saturated heterocycles. The van der Waals surface area contributed by atoms with Gasteiger partial charge >= 0.3 is 0 Å². The van der Waals surface area contributed by atoms with Crippen LogP contribution in [0.5, 0.6) is 0 Å². The molecule has 0 amide bonds. The van der Waals surface area contributed by atoms with Crippen molar-refractivity contribution in [1.82, 2.24) is 14.5 Å². The van der Waals surface area contributed by atoms with Crippen LogP contribution in [-0.2, 0) is 0 Å². The minimum atomic E-state index is 0.679. The summed E-state index contributed by atoms with van der Waals surface area (Å²) in [5.74, 6) is 0.698. The standard InChI is InChI=1S/C28H18ClN3/c29-21-13-9-12-20(18-21)25-27-26(31-28(30-25)19-10-3-1-4-11-19)23-16-7-8-17-24(23)32(27)22-14-5-2-6-15-22/h1-18H. The van der Waals surface area contributed by atoms with Crippen LogP contribution in [0.15, 0.2) is 109 Å². The lowest BCUT2D eigenvalue weighted by Gasteiger charge is -2.12. The summed E-state index contributed by atoms with van der Waals surface area (Å²) in [5, 5.41) is 1.77. The molecule has 0 N–H and O–H groups in total. The molecule has 6 rings (SSSR count). The molecule has 4 heteroatoms. The SMILES string of the molecule is Clc1cccc(-c2nc(-c3ccccc3)nc3c4ccccc4n(-c4ccccc4)c23)c1. The van der Waals surface area contributed by atoms with E-state index in [1.807, 2.05) is 66.7 Å². The molecule has 0 saturated carbocycles. The topological polar surface area (TPSA) is 30.7 Å². The van der Waals surface area contributed by atoms with E-state index in [4.69, 9.17) is 21.6 Å². The predicted octanol–water partition coefficient (Wildman–Crippen LogP) is 7.56. The van der Waals surface area contributed by atoms with Crippen molar-refractivity contribution in [3.8, 4) is 28.3 Å². The smallest absolute Gasteiger partial charge is 0.160 e. The highest BCUT2D eigenvalue weighted by molar-refractivity contribution is 6.31. The molecular weight excluding hydrogens is 414 g/mol. The number of para-hydroxylation sites is 2. The highest BCUT2D eigenvalue weighted by Gasteiger charge is 2.20. The van der Waals surface area contributed by atoms with Crippen molar-refractivity contribution in [2.45, 2.75) is 0 Å². The van der Waals surface area contributed by atoms with Crippen LogP contribution in [0.25, 0.3) is 50.3 Å². The van der Waals surface area contributed by atoms with Gasteiger partial charge in [-0.1, -0.05) is 90.5 Å². The molecule has 0 unspecified atom stereocenters. The van der Waals surface area contributed by atoms with Gasteiger partial charge < -0.3 is 4.57 Å². The lowest BCUT2D eigenvalue weighted by molar-refractivity contribution is 1.15. The van der Waals surface area contributed by atoms with Gasteiger partial charge in [0.25, 0.3) is 0 Å². The molecule has 0 aliphatic rings. The lowest BCUT2D eigenvalue weighted by atomic mass is 10.1. The van der Waals surface area contributed by atoms with Crippen LogP contribution in [0.2, 0.25) is 5.02 Å². The van der Waals surface area contributed by atoms with Crippen LogP contribution < -0.4 is 0 Å². The molecular formula is C28H18ClN3. The van der Waals surface area contributed by atoms with Gasteiger partial charge in [0.05, 0.1) is 16.7 Å². The third-order valence-corrected chi connectivity index (χ3v) is 5.89. The Morgan fingerprint density at radius 1 is 0.625 bits per heavy atom. The number of hydrogen-bond acceptors (Lipinski definition) is 2. The van der Waals surface area contributed by atoms with E-state index in [1.165, 1.54) is 0 Å². The first kappa shape index (κ1) is 18.8. The van der Waals surface area contributed by atoms with E-state index in [0.717, 1.165) is 44.4 Å². The summed E-state index contributed by atoms with van der Waals surface area (Å²) in [6, 6.07) is 36.7. The number of nitrogens with zero attached hydrogens (tertiary/aromatic N) is 3. The van der Waals surface area contributed by atoms with Crippen LogP contribution in [-0.4, -0.2) is 14.5 Å². The van der Waals surface area contributed by atoms with Gasteiger partial charge in [-0.05, 0) is 30.3 Å². The number of halogens is 1. The Balaban J connectivity index is 1.81. The van der Waals surface area contributed by atoms with E-state index in [0.29, 0.717) is 10.8 Å². The highest BCUT2D eigenvalue weighted by atomic mass is 35.5. The Hall–Kier alpha value is -3.95. The van der Waals surface area contributed by atoms with Crippen LogP contribution in [0.3, 0.4) is 0 Å². The summed E-state index contributed by atoms with van der Waals surface area (Å²) in [7, 11) is 0. The monoisotopic (exact) mass is 431 g/mol. The maximum Gasteiger partial charge on any atom is 0.160 e. The Morgan fingerprint density at radius 3 is 2.09 bits per heavy atom. The third-order valence-electron chi connectivity index (χ3n) is 5.65. The zero-order chi connectivity index (χ0) is 21.5. The minimum Gasteiger partial charge on any atom is -0.306 e. The van der Waals surface area contributed by atoms with E-state index in [1.54, 1.807) is 0 Å². The first-order valence-electron chi connectivity index (χ1n) is 10.5. The van der Waals surface area contributed by atoms with E-state index >= 15 is 0 Å². The molecule has 6 aromatic rings. The molecule has 0 bridgehead atoms. The third kappa shape index (κ3) is 3.06. The van der Waals surface area contributed by atoms with Gasteiger partial charge in [-0.25, -0.2) is 9.97 Å². The second kappa shape index (κ2) is 7.63. The van der Waals surface area contributed by atoms with Crippen molar-refractivity contribution in [2.24, 2.45) is 0 Å². The summed E-state index contributed by atoms with van der Waals surface area (Å²) < 4.78 is 2.25. The quantitative estimate of drug-likeness (QED) is 0.289. The molecule has 4 aromatic carbocycles. The molecule has 3 nitrogen and oxygen atoms in total. The number of fused-ring (bicyclic) bond motifs is 3. The average Bonchev–Trinajstić information content (AvgIpc) is 3.19. The molecule has 2 aromatic heterocycles. The van der Waals surface area contributed by atoms with Crippen molar-refractivity contribution in [2.75, 3.05) is 0 Å². The van der Waals surface area contributed by atoms with Gasteiger partial charge in [0.15, 0.2) is 5.82 Å². The largest absolute Gasteiger partial charge is 0.306 e. The zero-order valence-electron chi connectivity index (χ0n) is 17.1. The first-order chi connectivity index (χ1) is 15.8. The number of benzene rings is 4. The van der Waals surface area contributed by atoms with Crippen molar-refractivity contribution in [3.05, 3.63) is 114 Å². The second-order valence-electron chi connectivity index (χ2n) is 7.66. The summed E-state index contributed by atoms with van der Waals surface area (Å²) in [6.45, 7) is 0. The predicted molar refractivity (Wildman–Crippen MR) is 132 cm³/mol. The van der Waals surface area contributed by atoms with Crippen LogP contribution in [0.4, 0.5) is 0 Å². The first-order valence-corrected chi connectivity index (χ1v) is 10.9. The molecule has 0 atom stereocenters. The fourth-order valence-electron chi connectivity index (χ4n) is 4.24. The van der Waals surface area contributed by atoms with Crippen molar-refractivity contribution < 1.29 is 0 Å². The molecule has 0 radical (unpaired) electrons. The molecule has 0 fully saturated rings. The van der Waals surface area contributed by atoms with E-state index in [-0.39, 0.29) is 0 Å². The molecule has 2 heterocycles.